The summed E-state index contributed by atoms with van der Waals surface area (Å²) in [5, 5.41) is 2.88. The van der Waals surface area contributed by atoms with Crippen molar-refractivity contribution >= 4 is 11.3 Å². The summed E-state index contributed by atoms with van der Waals surface area (Å²) < 4.78 is 0. The lowest BCUT2D eigenvalue weighted by atomic mass is 10.2. The largest absolute Gasteiger partial charge is 0.326 e. The van der Waals surface area contributed by atoms with Crippen LogP contribution in [0.1, 0.15) is 5.56 Å². The van der Waals surface area contributed by atoms with Crippen LogP contribution in [0.4, 0.5) is 0 Å². The monoisotopic (exact) mass is 141 g/mol. The highest BCUT2D eigenvalue weighted by molar-refractivity contribution is 7.12. The van der Waals surface area contributed by atoms with E-state index < -0.39 is 0 Å². The molecule has 3 heteroatoms. The lowest BCUT2D eigenvalue weighted by molar-refractivity contribution is -0.179. The van der Waals surface area contributed by atoms with Gasteiger partial charge in [0.1, 0.15) is 6.61 Å². The first-order valence-electron chi connectivity index (χ1n) is 2.68. The Morgan fingerprint density at radius 3 is 3.44 bits per heavy atom. The van der Waals surface area contributed by atoms with Gasteiger partial charge in [-0.2, -0.15) is 4.89 Å². The molecule has 0 saturated heterocycles. The smallest absolute Gasteiger partial charge is 0.222 e. The molecule has 0 spiro atoms. The molecule has 47 valence electrons. The van der Waals surface area contributed by atoms with Gasteiger partial charge in [0.2, 0.25) is 5.06 Å². The molecule has 1 aliphatic rings. The number of hydrogen-bond donors (Lipinski definition) is 0. The first-order chi connectivity index (χ1) is 4.47. The fraction of sp³-hybridized carbons (Fsp3) is 0.167. The average Bonchev–Trinajstić information content (AvgIpc) is 2.33. The predicted octanol–water partition coefficient (Wildman–Crippen LogP) is 1.78. The van der Waals surface area contributed by atoms with Crippen molar-refractivity contribution in [3.63, 3.8) is 0 Å². The van der Waals surface area contributed by atoms with Crippen LogP contribution in [0.2, 0.25) is 0 Å². The maximum Gasteiger partial charge on any atom is 0.222 e. The molecule has 1 aliphatic heterocycles. The highest BCUT2D eigenvalue weighted by Gasteiger charge is 2.11. The molecule has 0 unspecified atom stereocenters. The highest BCUT2D eigenvalue weighted by atomic mass is 32.1. The zero-order valence-corrected chi connectivity index (χ0v) is 5.48. The van der Waals surface area contributed by atoms with E-state index in [0.717, 1.165) is 11.5 Å². The number of thiophene rings is 1. The van der Waals surface area contributed by atoms with Gasteiger partial charge in [0.05, 0.1) is 0 Å². The Morgan fingerprint density at radius 1 is 1.56 bits per heavy atom. The van der Waals surface area contributed by atoms with Crippen molar-refractivity contribution < 1.29 is 9.78 Å². The molecule has 2 heterocycles. The van der Waals surface area contributed by atoms with Crippen LogP contribution in [-0.2, 0) is 11.3 Å². The minimum atomic E-state index is 0.860. The zero-order valence-electron chi connectivity index (χ0n) is 4.66. The van der Waals surface area contributed by atoms with E-state index in [1.807, 2.05) is 11.4 Å². The third-order valence-corrected chi connectivity index (χ3v) is 2.02. The summed E-state index contributed by atoms with van der Waals surface area (Å²) in [6, 6.07) is 2.04. The van der Waals surface area contributed by atoms with Gasteiger partial charge in [-0.15, -0.1) is 11.3 Å². The molecule has 0 aliphatic carbocycles. The van der Waals surface area contributed by atoms with Crippen molar-refractivity contribution in [3.8, 4) is 5.06 Å². The van der Waals surface area contributed by atoms with Crippen LogP contribution in [0.25, 0.3) is 0 Å². The van der Waals surface area contributed by atoms with Gasteiger partial charge in [-0.05, 0) is 11.4 Å². The maximum atomic E-state index is 4.83. The Hall–Kier alpha value is -0.540. The highest BCUT2D eigenvalue weighted by Crippen LogP contribution is 2.30. The Kier molecular flexibility index (Phi) is 1.17. The van der Waals surface area contributed by atoms with E-state index >= 15 is 0 Å². The summed E-state index contributed by atoms with van der Waals surface area (Å²) in [7, 11) is 0. The third-order valence-electron chi connectivity index (χ3n) is 1.20. The van der Waals surface area contributed by atoms with Crippen molar-refractivity contribution in [2.45, 2.75) is 6.42 Å². The van der Waals surface area contributed by atoms with E-state index in [1.54, 1.807) is 17.9 Å². The second-order valence-electron chi connectivity index (χ2n) is 1.78. The third kappa shape index (κ3) is 0.821. The molecule has 2 nitrogen and oxygen atoms in total. The Balaban J connectivity index is 2.39. The van der Waals surface area contributed by atoms with Gasteiger partial charge in [-0.1, -0.05) is 0 Å². The summed E-state index contributed by atoms with van der Waals surface area (Å²) in [5.41, 5.74) is 1.21. The van der Waals surface area contributed by atoms with Crippen molar-refractivity contribution in [1.82, 2.24) is 0 Å². The minimum absolute atomic E-state index is 0.860. The van der Waals surface area contributed by atoms with Gasteiger partial charge >= 0.3 is 0 Å². The molecular formula is C6H5O2S. The first-order valence-corrected chi connectivity index (χ1v) is 3.56. The van der Waals surface area contributed by atoms with Crippen LogP contribution in [-0.4, -0.2) is 0 Å². The standard InChI is InChI=1S/C6H5O2S/c1-3-7-8-6-5(1)2-4-9-6/h2-4H,1H2. The summed E-state index contributed by atoms with van der Waals surface area (Å²) in [6.07, 6.45) is 0.860. The van der Waals surface area contributed by atoms with Crippen LogP contribution >= 0.6 is 11.3 Å². The van der Waals surface area contributed by atoms with Crippen LogP contribution in [0.5, 0.6) is 5.06 Å². The molecule has 0 N–H and O–H groups in total. The molecule has 1 aromatic heterocycles. The molecule has 2 rings (SSSR count). The maximum absolute atomic E-state index is 4.83. The molecule has 0 bridgehead atoms. The predicted molar refractivity (Wildman–Crippen MR) is 34.0 cm³/mol. The lowest BCUT2D eigenvalue weighted by Crippen LogP contribution is -2.02. The SMILES string of the molecule is [CH]1Cc2ccsc2OO1. The second-order valence-corrected chi connectivity index (χ2v) is 2.66. The van der Waals surface area contributed by atoms with Gasteiger partial charge in [0.25, 0.3) is 0 Å². The quantitative estimate of drug-likeness (QED) is 0.513. The zero-order chi connectivity index (χ0) is 6.10. The van der Waals surface area contributed by atoms with Gasteiger partial charge in [-0.3, -0.25) is 0 Å². The van der Waals surface area contributed by atoms with Crippen molar-refractivity contribution in [1.29, 1.82) is 0 Å². The number of rotatable bonds is 0. The van der Waals surface area contributed by atoms with Gasteiger partial charge in [-0.25, -0.2) is 0 Å². The molecule has 1 aromatic rings. The van der Waals surface area contributed by atoms with Crippen LogP contribution in [0.15, 0.2) is 11.4 Å². The normalized spacial score (nSPS) is 16.4. The fourth-order valence-corrected chi connectivity index (χ4v) is 1.48. The second kappa shape index (κ2) is 2.01. The van der Waals surface area contributed by atoms with Gasteiger partial charge in [0.15, 0.2) is 0 Å². The van der Waals surface area contributed by atoms with Gasteiger partial charge < -0.3 is 4.89 Å². The van der Waals surface area contributed by atoms with Gasteiger partial charge in [0, 0.05) is 12.0 Å². The Bertz CT molecular complexity index is 186. The van der Waals surface area contributed by atoms with Crippen molar-refractivity contribution in [2.24, 2.45) is 0 Å². The van der Waals surface area contributed by atoms with Crippen LogP contribution in [0, 0.1) is 6.61 Å². The van der Waals surface area contributed by atoms with Crippen molar-refractivity contribution in [2.75, 3.05) is 0 Å². The molecule has 0 fully saturated rings. The van der Waals surface area contributed by atoms with Crippen molar-refractivity contribution in [3.05, 3.63) is 23.6 Å². The minimum Gasteiger partial charge on any atom is -0.326 e. The molecule has 1 radical (unpaired) electrons. The van der Waals surface area contributed by atoms with E-state index in [0.29, 0.717) is 0 Å². The molecule has 0 amide bonds. The summed E-state index contributed by atoms with van der Waals surface area (Å²) in [5.74, 6) is 0. The Morgan fingerprint density at radius 2 is 2.56 bits per heavy atom. The molecule has 0 saturated carbocycles. The lowest BCUT2D eigenvalue weighted by Gasteiger charge is -2.08. The Labute approximate surface area is 57.0 Å². The van der Waals surface area contributed by atoms with E-state index in [2.05, 4.69) is 4.89 Å². The van der Waals surface area contributed by atoms with E-state index in [-0.39, 0.29) is 0 Å². The fourth-order valence-electron chi connectivity index (χ4n) is 0.748. The van der Waals surface area contributed by atoms with E-state index in [1.165, 1.54) is 5.56 Å². The molecule has 0 aromatic carbocycles. The first kappa shape index (κ1) is 5.26. The van der Waals surface area contributed by atoms with E-state index in [4.69, 9.17) is 4.89 Å². The van der Waals surface area contributed by atoms with Crippen LogP contribution < -0.4 is 4.89 Å². The number of fused-ring (bicyclic) bond motifs is 1. The summed E-state index contributed by atoms with van der Waals surface area (Å²) in [6.45, 7) is 1.65. The summed E-state index contributed by atoms with van der Waals surface area (Å²) >= 11 is 1.56. The molecule has 9 heavy (non-hydrogen) atoms. The topological polar surface area (TPSA) is 18.5 Å². The molecule has 0 atom stereocenters. The van der Waals surface area contributed by atoms with Crippen LogP contribution in [0.3, 0.4) is 0 Å². The summed E-state index contributed by atoms with van der Waals surface area (Å²) in [4.78, 5) is 9.47. The van der Waals surface area contributed by atoms with E-state index in [9.17, 15) is 0 Å². The average molecular weight is 141 g/mol. The molecular weight excluding hydrogens is 136 g/mol. The number of hydrogen-bond acceptors (Lipinski definition) is 3.